The molecular weight excluding hydrogens is 218 g/mol. The Kier molecular flexibility index (Phi) is 1.84. The third-order valence-corrected chi connectivity index (χ3v) is 2.39. The van der Waals surface area contributed by atoms with Crippen LogP contribution < -0.4 is 0 Å². The molecule has 2 aromatic rings. The van der Waals surface area contributed by atoms with E-state index >= 15 is 0 Å². The zero-order valence-electron chi connectivity index (χ0n) is 6.63. The van der Waals surface area contributed by atoms with E-state index in [0.717, 1.165) is 27.9 Å². The zero-order chi connectivity index (χ0) is 8.55. The molecule has 12 heavy (non-hydrogen) atoms. The zero-order valence-corrected chi connectivity index (χ0v) is 8.22. The van der Waals surface area contributed by atoms with Crippen LogP contribution in [0.4, 0.5) is 0 Å². The van der Waals surface area contributed by atoms with E-state index < -0.39 is 0 Å². The topological polar surface area (TPSA) is 41.6 Å². The number of aryl methyl sites for hydroxylation is 1. The SMILES string of the molecule is CCc1nc2nccc(Br)c2[nH]1. The predicted octanol–water partition coefficient (Wildman–Crippen LogP) is 2.28. The largest absolute Gasteiger partial charge is 0.340 e. The van der Waals surface area contributed by atoms with E-state index in [1.54, 1.807) is 6.20 Å². The lowest BCUT2D eigenvalue weighted by Gasteiger charge is -1.88. The highest BCUT2D eigenvalue weighted by molar-refractivity contribution is 9.10. The van der Waals surface area contributed by atoms with E-state index in [0.29, 0.717) is 0 Å². The molecule has 3 nitrogen and oxygen atoms in total. The van der Waals surface area contributed by atoms with Gasteiger partial charge in [0.15, 0.2) is 5.65 Å². The Balaban J connectivity index is 2.74. The Bertz CT molecular complexity index is 408. The molecule has 0 saturated heterocycles. The quantitative estimate of drug-likeness (QED) is 0.810. The predicted molar refractivity (Wildman–Crippen MR) is 51.0 cm³/mol. The number of H-pyrrole nitrogens is 1. The first-order valence-electron chi connectivity index (χ1n) is 3.80. The summed E-state index contributed by atoms with van der Waals surface area (Å²) < 4.78 is 1.01. The monoisotopic (exact) mass is 225 g/mol. The molecule has 0 radical (unpaired) electrons. The van der Waals surface area contributed by atoms with Crippen molar-refractivity contribution in [1.82, 2.24) is 15.0 Å². The van der Waals surface area contributed by atoms with Crippen LogP contribution in [0.5, 0.6) is 0 Å². The van der Waals surface area contributed by atoms with Crippen molar-refractivity contribution in [3.8, 4) is 0 Å². The van der Waals surface area contributed by atoms with E-state index in [4.69, 9.17) is 0 Å². The molecule has 2 rings (SSSR count). The van der Waals surface area contributed by atoms with Gasteiger partial charge >= 0.3 is 0 Å². The summed E-state index contributed by atoms with van der Waals surface area (Å²) in [6.07, 6.45) is 2.65. The van der Waals surface area contributed by atoms with Crippen molar-refractivity contribution in [3.05, 3.63) is 22.6 Å². The fourth-order valence-electron chi connectivity index (χ4n) is 1.10. The van der Waals surface area contributed by atoms with Gasteiger partial charge in [-0.25, -0.2) is 9.97 Å². The smallest absolute Gasteiger partial charge is 0.178 e. The number of nitrogens with one attached hydrogen (secondary N) is 1. The molecule has 0 aromatic carbocycles. The van der Waals surface area contributed by atoms with Gasteiger partial charge in [0.2, 0.25) is 0 Å². The van der Waals surface area contributed by atoms with Gasteiger partial charge in [0.1, 0.15) is 5.82 Å². The molecule has 2 aromatic heterocycles. The average Bonchev–Trinajstić information content (AvgIpc) is 2.49. The molecule has 62 valence electrons. The molecule has 2 heterocycles. The number of fused-ring (bicyclic) bond motifs is 1. The van der Waals surface area contributed by atoms with Crippen LogP contribution in [-0.4, -0.2) is 15.0 Å². The molecule has 0 aliphatic heterocycles. The first-order chi connectivity index (χ1) is 5.81. The molecule has 0 aliphatic carbocycles. The van der Waals surface area contributed by atoms with Gasteiger partial charge in [0, 0.05) is 17.1 Å². The van der Waals surface area contributed by atoms with E-state index in [-0.39, 0.29) is 0 Å². The van der Waals surface area contributed by atoms with Crippen molar-refractivity contribution in [2.45, 2.75) is 13.3 Å². The van der Waals surface area contributed by atoms with Crippen LogP contribution in [-0.2, 0) is 6.42 Å². The third-order valence-electron chi connectivity index (χ3n) is 1.73. The second-order valence-corrected chi connectivity index (χ2v) is 3.38. The van der Waals surface area contributed by atoms with Crippen LogP contribution in [0.25, 0.3) is 11.2 Å². The molecule has 0 atom stereocenters. The Labute approximate surface area is 78.4 Å². The lowest BCUT2D eigenvalue weighted by Crippen LogP contribution is -1.79. The van der Waals surface area contributed by atoms with Crippen LogP contribution in [0.15, 0.2) is 16.7 Å². The van der Waals surface area contributed by atoms with Crippen molar-refractivity contribution < 1.29 is 0 Å². The van der Waals surface area contributed by atoms with E-state index in [2.05, 4.69) is 37.8 Å². The van der Waals surface area contributed by atoms with Crippen LogP contribution in [0.1, 0.15) is 12.7 Å². The molecule has 0 unspecified atom stereocenters. The summed E-state index contributed by atoms with van der Waals surface area (Å²) in [6, 6.07) is 1.90. The maximum atomic E-state index is 4.30. The van der Waals surface area contributed by atoms with Gasteiger partial charge in [-0.2, -0.15) is 0 Å². The molecule has 0 spiro atoms. The lowest BCUT2D eigenvalue weighted by atomic mass is 10.4. The summed E-state index contributed by atoms with van der Waals surface area (Å²) in [6.45, 7) is 2.06. The molecule has 0 amide bonds. The Morgan fingerprint density at radius 2 is 2.42 bits per heavy atom. The molecule has 0 saturated carbocycles. The fourth-order valence-corrected chi connectivity index (χ4v) is 1.49. The number of pyridine rings is 1. The number of rotatable bonds is 1. The first-order valence-corrected chi connectivity index (χ1v) is 4.59. The highest BCUT2D eigenvalue weighted by atomic mass is 79.9. The van der Waals surface area contributed by atoms with Gasteiger partial charge < -0.3 is 4.98 Å². The van der Waals surface area contributed by atoms with Crippen molar-refractivity contribution in [2.24, 2.45) is 0 Å². The first kappa shape index (κ1) is 7.73. The van der Waals surface area contributed by atoms with E-state index in [1.807, 2.05) is 6.07 Å². The Hall–Kier alpha value is -0.900. The average molecular weight is 226 g/mol. The number of nitrogens with zero attached hydrogens (tertiary/aromatic N) is 2. The van der Waals surface area contributed by atoms with Crippen molar-refractivity contribution in [2.75, 3.05) is 0 Å². The second-order valence-electron chi connectivity index (χ2n) is 2.53. The summed E-state index contributed by atoms with van der Waals surface area (Å²) in [4.78, 5) is 11.6. The maximum absolute atomic E-state index is 4.30. The molecule has 0 bridgehead atoms. The number of aromatic nitrogens is 3. The van der Waals surface area contributed by atoms with E-state index in [9.17, 15) is 0 Å². The van der Waals surface area contributed by atoms with Crippen LogP contribution >= 0.6 is 15.9 Å². The normalized spacial score (nSPS) is 10.8. The van der Waals surface area contributed by atoms with Gasteiger partial charge in [0.05, 0.1) is 5.52 Å². The third kappa shape index (κ3) is 1.12. The standard InChI is InChI=1S/C8H8BrN3/c1-2-6-11-7-5(9)3-4-10-8(7)12-6/h3-4H,2H2,1H3,(H,10,11,12). The summed E-state index contributed by atoms with van der Waals surface area (Å²) in [7, 11) is 0. The minimum atomic E-state index is 0.779. The fraction of sp³-hybridized carbons (Fsp3) is 0.250. The molecule has 0 fully saturated rings. The van der Waals surface area contributed by atoms with Gasteiger partial charge in [-0.1, -0.05) is 6.92 Å². The minimum absolute atomic E-state index is 0.779. The minimum Gasteiger partial charge on any atom is -0.340 e. The van der Waals surface area contributed by atoms with Crippen LogP contribution in [0.2, 0.25) is 0 Å². The summed E-state index contributed by atoms with van der Waals surface area (Å²) in [5.74, 6) is 0.976. The number of imidazole rings is 1. The highest BCUT2D eigenvalue weighted by Crippen LogP contribution is 2.19. The highest BCUT2D eigenvalue weighted by Gasteiger charge is 2.03. The van der Waals surface area contributed by atoms with Gasteiger partial charge in [-0.15, -0.1) is 0 Å². The molecule has 0 aliphatic rings. The van der Waals surface area contributed by atoms with Gasteiger partial charge in [-0.05, 0) is 22.0 Å². The van der Waals surface area contributed by atoms with Crippen LogP contribution in [0, 0.1) is 0 Å². The maximum Gasteiger partial charge on any atom is 0.178 e. The second kappa shape index (κ2) is 2.86. The van der Waals surface area contributed by atoms with Crippen molar-refractivity contribution in [3.63, 3.8) is 0 Å². The Morgan fingerprint density at radius 3 is 3.08 bits per heavy atom. The number of hydrogen-bond donors (Lipinski definition) is 1. The van der Waals surface area contributed by atoms with Gasteiger partial charge in [0.25, 0.3) is 0 Å². The van der Waals surface area contributed by atoms with Crippen LogP contribution in [0.3, 0.4) is 0 Å². The molecule has 1 N–H and O–H groups in total. The van der Waals surface area contributed by atoms with Crippen molar-refractivity contribution in [1.29, 1.82) is 0 Å². The Morgan fingerprint density at radius 1 is 1.58 bits per heavy atom. The summed E-state index contributed by atoms with van der Waals surface area (Å²) in [5, 5.41) is 0. The number of aromatic amines is 1. The van der Waals surface area contributed by atoms with Crippen molar-refractivity contribution >= 4 is 27.1 Å². The number of halogens is 1. The summed E-state index contributed by atoms with van der Waals surface area (Å²) in [5.41, 5.74) is 1.76. The molecular formula is C8H8BrN3. The van der Waals surface area contributed by atoms with E-state index in [1.165, 1.54) is 0 Å². The molecule has 4 heteroatoms. The summed E-state index contributed by atoms with van der Waals surface area (Å²) >= 11 is 3.43. The lowest BCUT2D eigenvalue weighted by molar-refractivity contribution is 0.997. The van der Waals surface area contributed by atoms with Gasteiger partial charge in [-0.3, -0.25) is 0 Å². The number of hydrogen-bond acceptors (Lipinski definition) is 2.